The topological polar surface area (TPSA) is 106 Å². The lowest BCUT2D eigenvalue weighted by atomic mass is 10.0. The first kappa shape index (κ1) is 23.0. The van der Waals surface area contributed by atoms with Crippen LogP contribution in [0.1, 0.15) is 23.1 Å². The van der Waals surface area contributed by atoms with Crippen LogP contribution in [0.4, 0.5) is 4.39 Å². The van der Waals surface area contributed by atoms with Crippen molar-refractivity contribution in [2.75, 3.05) is 0 Å². The summed E-state index contributed by atoms with van der Waals surface area (Å²) in [5.74, 6) is -0.692. The second-order valence-corrected chi connectivity index (χ2v) is 8.06. The zero-order valence-electron chi connectivity index (χ0n) is 19.1. The average Bonchev–Trinajstić information content (AvgIpc) is 3.67. The Bertz CT molecular complexity index is 1460. The van der Waals surface area contributed by atoms with Gasteiger partial charge in [0.25, 0.3) is 0 Å². The first-order chi connectivity index (χ1) is 17.6. The molecule has 5 aromatic rings. The van der Waals surface area contributed by atoms with Gasteiger partial charge in [0.2, 0.25) is 11.8 Å². The zero-order valence-corrected chi connectivity index (χ0v) is 19.1. The summed E-state index contributed by atoms with van der Waals surface area (Å²) in [7, 11) is 0. The van der Waals surface area contributed by atoms with E-state index in [2.05, 4.69) is 15.6 Å². The van der Waals surface area contributed by atoms with Crippen LogP contribution in [0.3, 0.4) is 0 Å². The fraction of sp³-hybridized carbons (Fsp3) is 0.154. The first-order valence-corrected chi connectivity index (χ1v) is 11.2. The second-order valence-electron chi connectivity index (χ2n) is 8.06. The third-order valence-electron chi connectivity index (χ3n) is 5.71. The van der Waals surface area contributed by atoms with Crippen LogP contribution < -0.4 is 5.32 Å². The van der Waals surface area contributed by atoms with E-state index in [9.17, 15) is 9.59 Å². The predicted octanol–water partition coefficient (Wildman–Crippen LogP) is 3.84. The lowest BCUT2D eigenvalue weighted by molar-refractivity contribution is -0.142. The Hall–Kier alpha value is -4.73. The number of fused-ring (bicyclic) bond motifs is 1. The maximum atomic E-state index is 15.0. The number of carbonyl (C=O) groups excluding carboxylic acids is 2. The Morgan fingerprint density at radius 1 is 0.944 bits per heavy atom. The number of furan rings is 2. The van der Waals surface area contributed by atoms with Crippen LogP contribution in [-0.2, 0) is 29.2 Å². The van der Waals surface area contributed by atoms with Crippen LogP contribution in [0, 0.1) is 5.82 Å². The molecule has 0 saturated carbocycles. The number of carbonyl (C=O) groups is 2. The molecule has 0 aliphatic carbocycles. The molecule has 1 atom stereocenters. The molecule has 2 amide bonds. The number of amides is 2. The maximum absolute atomic E-state index is 15.0. The number of hydrogen-bond donors (Lipinski definition) is 1. The molecule has 36 heavy (non-hydrogen) atoms. The van der Waals surface area contributed by atoms with Crippen LogP contribution in [0.25, 0.3) is 11.0 Å². The lowest BCUT2D eigenvalue weighted by Crippen LogP contribution is -2.44. The SMILES string of the molecule is O=C(NCc1ccco1)[C@@H](c1ccccc1F)N(Cc1ccco1)C(=O)Cn1nnc2ccccc21. The van der Waals surface area contributed by atoms with Crippen LogP contribution >= 0.6 is 0 Å². The molecule has 182 valence electrons. The van der Waals surface area contributed by atoms with E-state index >= 15 is 4.39 Å². The van der Waals surface area contributed by atoms with E-state index in [1.807, 2.05) is 12.1 Å². The molecule has 5 rings (SSSR count). The average molecular weight is 487 g/mol. The van der Waals surface area contributed by atoms with Gasteiger partial charge in [0.15, 0.2) is 0 Å². The highest BCUT2D eigenvalue weighted by Gasteiger charge is 2.34. The number of hydrogen-bond acceptors (Lipinski definition) is 6. The van der Waals surface area contributed by atoms with Gasteiger partial charge in [-0.3, -0.25) is 9.59 Å². The third-order valence-corrected chi connectivity index (χ3v) is 5.71. The molecule has 0 saturated heterocycles. The van der Waals surface area contributed by atoms with Gasteiger partial charge in [-0.2, -0.15) is 0 Å². The summed E-state index contributed by atoms with van der Waals surface area (Å²) in [6.45, 7) is -0.198. The predicted molar refractivity (Wildman–Crippen MR) is 126 cm³/mol. The van der Waals surface area contributed by atoms with E-state index in [0.717, 1.165) is 0 Å². The van der Waals surface area contributed by atoms with E-state index < -0.39 is 23.7 Å². The molecule has 0 aliphatic heterocycles. The third kappa shape index (κ3) is 4.88. The van der Waals surface area contributed by atoms with Crippen molar-refractivity contribution in [2.24, 2.45) is 0 Å². The molecular weight excluding hydrogens is 465 g/mol. The summed E-state index contributed by atoms with van der Waals surface area (Å²) in [5, 5.41) is 10.9. The molecule has 0 spiro atoms. The van der Waals surface area contributed by atoms with Gasteiger partial charge in [-0.1, -0.05) is 35.5 Å². The summed E-state index contributed by atoms with van der Waals surface area (Å²) in [6, 6.07) is 18.6. The second kappa shape index (κ2) is 10.3. The molecule has 0 radical (unpaired) electrons. The van der Waals surface area contributed by atoms with E-state index in [0.29, 0.717) is 22.6 Å². The van der Waals surface area contributed by atoms with Crippen molar-refractivity contribution >= 4 is 22.8 Å². The normalized spacial score (nSPS) is 11.9. The van der Waals surface area contributed by atoms with E-state index in [1.165, 1.54) is 40.3 Å². The number of nitrogens with one attached hydrogen (secondary N) is 1. The maximum Gasteiger partial charge on any atom is 0.247 e. The number of benzene rings is 2. The number of aromatic nitrogens is 3. The summed E-state index contributed by atoms with van der Waals surface area (Å²) in [6.07, 6.45) is 2.96. The van der Waals surface area contributed by atoms with Crippen molar-refractivity contribution in [3.63, 3.8) is 0 Å². The molecule has 0 bridgehead atoms. The molecule has 3 aromatic heterocycles. The van der Waals surface area contributed by atoms with Crippen LogP contribution in [-0.4, -0.2) is 31.7 Å². The van der Waals surface area contributed by atoms with Crippen LogP contribution in [0.5, 0.6) is 0 Å². The molecule has 0 fully saturated rings. The van der Waals surface area contributed by atoms with E-state index in [-0.39, 0.29) is 25.2 Å². The number of para-hydroxylation sites is 1. The zero-order chi connectivity index (χ0) is 24.9. The molecule has 1 N–H and O–H groups in total. The Kier molecular flexibility index (Phi) is 6.57. The van der Waals surface area contributed by atoms with Gasteiger partial charge in [-0.25, -0.2) is 9.07 Å². The van der Waals surface area contributed by atoms with Crippen molar-refractivity contribution in [3.05, 3.63) is 108 Å². The quantitative estimate of drug-likeness (QED) is 0.339. The summed E-state index contributed by atoms with van der Waals surface area (Å²) >= 11 is 0. The van der Waals surface area contributed by atoms with Crippen molar-refractivity contribution in [3.8, 4) is 0 Å². The first-order valence-electron chi connectivity index (χ1n) is 11.2. The minimum atomic E-state index is -1.28. The fourth-order valence-electron chi connectivity index (χ4n) is 3.98. The summed E-state index contributed by atoms with van der Waals surface area (Å²) in [5.41, 5.74) is 1.34. The molecular formula is C26H22FN5O4. The lowest BCUT2D eigenvalue weighted by Gasteiger charge is -2.31. The molecule has 9 nitrogen and oxygen atoms in total. The van der Waals surface area contributed by atoms with Crippen molar-refractivity contribution in [1.29, 1.82) is 0 Å². The van der Waals surface area contributed by atoms with Gasteiger partial charge >= 0.3 is 0 Å². The Labute approximate surface area is 205 Å². The minimum absolute atomic E-state index is 0.0535. The van der Waals surface area contributed by atoms with Gasteiger partial charge in [0.05, 0.1) is 31.1 Å². The molecule has 10 heteroatoms. The molecule has 0 unspecified atom stereocenters. The Morgan fingerprint density at radius 3 is 2.42 bits per heavy atom. The molecule has 2 aromatic carbocycles. The van der Waals surface area contributed by atoms with Crippen molar-refractivity contribution in [2.45, 2.75) is 25.7 Å². The van der Waals surface area contributed by atoms with Crippen molar-refractivity contribution in [1.82, 2.24) is 25.2 Å². The van der Waals surface area contributed by atoms with Gasteiger partial charge in [-0.15, -0.1) is 5.10 Å². The molecule has 0 aliphatic rings. The van der Waals surface area contributed by atoms with Crippen LogP contribution in [0.2, 0.25) is 0 Å². The van der Waals surface area contributed by atoms with Gasteiger partial charge in [-0.05, 0) is 42.5 Å². The number of rotatable bonds is 9. The number of halogens is 1. The van der Waals surface area contributed by atoms with E-state index in [1.54, 1.807) is 42.5 Å². The van der Waals surface area contributed by atoms with Gasteiger partial charge < -0.3 is 19.1 Å². The summed E-state index contributed by atoms with van der Waals surface area (Å²) < 4.78 is 27.2. The fourth-order valence-corrected chi connectivity index (χ4v) is 3.98. The monoisotopic (exact) mass is 487 g/mol. The smallest absolute Gasteiger partial charge is 0.247 e. The Morgan fingerprint density at radius 2 is 1.67 bits per heavy atom. The Balaban J connectivity index is 1.51. The standard InChI is InChI=1S/C26H22FN5O4/c27-21-10-2-1-9-20(21)25(26(34)28-15-18-7-5-13-35-18)31(16-19-8-6-14-36-19)24(33)17-32-23-12-4-3-11-22(23)29-30-32/h1-14,25H,15-17H2,(H,28,34)/t25-/m1/s1. The highest BCUT2D eigenvalue weighted by atomic mass is 19.1. The van der Waals surface area contributed by atoms with Gasteiger partial charge in [0, 0.05) is 5.56 Å². The highest BCUT2D eigenvalue weighted by Crippen LogP contribution is 2.27. The summed E-state index contributed by atoms with van der Waals surface area (Å²) in [4.78, 5) is 28.5. The highest BCUT2D eigenvalue weighted by molar-refractivity contribution is 5.89. The number of nitrogens with zero attached hydrogens (tertiary/aromatic N) is 4. The van der Waals surface area contributed by atoms with Gasteiger partial charge in [0.1, 0.15) is 35.4 Å². The minimum Gasteiger partial charge on any atom is -0.467 e. The van der Waals surface area contributed by atoms with Crippen molar-refractivity contribution < 1.29 is 22.8 Å². The van der Waals surface area contributed by atoms with Crippen LogP contribution in [0.15, 0.2) is 94.2 Å². The van der Waals surface area contributed by atoms with E-state index in [4.69, 9.17) is 8.83 Å². The largest absolute Gasteiger partial charge is 0.467 e. The molecule has 3 heterocycles.